The van der Waals surface area contributed by atoms with Gasteiger partial charge < -0.3 is 14.2 Å². The van der Waals surface area contributed by atoms with E-state index in [0.29, 0.717) is 12.8 Å². The summed E-state index contributed by atoms with van der Waals surface area (Å²) in [6.45, 7) is 6.18. The minimum atomic E-state index is -0.851. The van der Waals surface area contributed by atoms with Gasteiger partial charge in [-0.25, -0.2) is 0 Å². The van der Waals surface area contributed by atoms with Crippen LogP contribution in [0.4, 0.5) is 0 Å². The van der Waals surface area contributed by atoms with E-state index in [1.807, 2.05) is 12.2 Å². The molecule has 0 amide bonds. The van der Waals surface area contributed by atoms with Crippen LogP contribution >= 0.6 is 0 Å². The minimum absolute atomic E-state index is 0.135. The first kappa shape index (κ1) is 73.2. The van der Waals surface area contributed by atoms with Gasteiger partial charge in [0.05, 0.1) is 0 Å². The summed E-state index contributed by atoms with van der Waals surface area (Å²) in [7, 11) is 0. The molecule has 1 unspecified atom stereocenters. The summed E-state index contributed by atoms with van der Waals surface area (Å²) in [6, 6.07) is 0. The molecule has 0 aliphatic rings. The molecule has 0 saturated carbocycles. The third kappa shape index (κ3) is 63.0. The Balaban J connectivity index is 4.61. The fraction of sp³-hybridized carbons (Fsp3) is 0.521. The van der Waals surface area contributed by atoms with Crippen molar-refractivity contribution in [2.24, 2.45) is 0 Å². The van der Waals surface area contributed by atoms with Gasteiger partial charge in [-0.05, 0) is 148 Å². The van der Waals surface area contributed by atoms with E-state index in [4.69, 9.17) is 14.2 Å². The van der Waals surface area contributed by atoms with Crippen LogP contribution in [0, 0.1) is 0 Å². The molecule has 0 aliphatic heterocycles. The number of hydrogen-bond acceptors (Lipinski definition) is 6. The zero-order valence-corrected chi connectivity index (χ0v) is 50.0. The number of unbranched alkanes of at least 4 members (excludes halogenated alkanes) is 10. The predicted molar refractivity (Wildman–Crippen MR) is 343 cm³/mol. The van der Waals surface area contributed by atoms with Crippen LogP contribution in [-0.2, 0) is 28.6 Å². The zero-order valence-electron chi connectivity index (χ0n) is 50.0. The third-order valence-electron chi connectivity index (χ3n) is 12.1. The molecule has 0 heterocycles. The van der Waals surface area contributed by atoms with E-state index in [1.54, 1.807) is 0 Å². The van der Waals surface area contributed by atoms with Gasteiger partial charge in [0, 0.05) is 19.3 Å². The molecule has 0 fully saturated rings. The van der Waals surface area contributed by atoms with Gasteiger partial charge in [-0.3, -0.25) is 14.4 Å². The molecule has 79 heavy (non-hydrogen) atoms. The Morgan fingerprint density at radius 3 is 0.772 bits per heavy atom. The summed E-state index contributed by atoms with van der Waals surface area (Å²) < 4.78 is 16.8. The third-order valence-corrected chi connectivity index (χ3v) is 12.1. The van der Waals surface area contributed by atoms with E-state index in [9.17, 15) is 14.4 Å². The zero-order chi connectivity index (χ0) is 57.1. The summed E-state index contributed by atoms with van der Waals surface area (Å²) in [5.41, 5.74) is 0. The molecule has 0 spiro atoms. The number of allylic oxidation sites excluding steroid dienone is 32. The van der Waals surface area contributed by atoms with Crippen LogP contribution in [0.2, 0.25) is 0 Å². The van der Waals surface area contributed by atoms with Crippen molar-refractivity contribution < 1.29 is 28.6 Å². The lowest BCUT2D eigenvalue weighted by Crippen LogP contribution is -2.30. The van der Waals surface area contributed by atoms with Gasteiger partial charge in [-0.1, -0.05) is 254 Å². The van der Waals surface area contributed by atoms with Crippen molar-refractivity contribution in [3.63, 3.8) is 0 Å². The maximum Gasteiger partial charge on any atom is 0.306 e. The van der Waals surface area contributed by atoms with Crippen molar-refractivity contribution in [3.05, 3.63) is 194 Å². The monoisotopic (exact) mass is 1080 g/mol. The first-order valence-electron chi connectivity index (χ1n) is 30.9. The topological polar surface area (TPSA) is 78.9 Å². The van der Waals surface area contributed by atoms with Crippen LogP contribution in [-0.4, -0.2) is 37.2 Å². The molecule has 0 saturated heterocycles. The van der Waals surface area contributed by atoms with Gasteiger partial charge >= 0.3 is 17.9 Å². The van der Waals surface area contributed by atoms with Crippen molar-refractivity contribution >= 4 is 17.9 Å². The van der Waals surface area contributed by atoms with Gasteiger partial charge in [0.15, 0.2) is 6.10 Å². The van der Waals surface area contributed by atoms with Crippen LogP contribution < -0.4 is 0 Å². The average molecular weight is 1080 g/mol. The highest BCUT2D eigenvalue weighted by molar-refractivity contribution is 5.71. The molecule has 0 radical (unpaired) electrons. The Morgan fingerprint density at radius 2 is 0.481 bits per heavy atom. The molecule has 438 valence electrons. The van der Waals surface area contributed by atoms with Gasteiger partial charge in [-0.15, -0.1) is 0 Å². The predicted octanol–water partition coefficient (Wildman–Crippen LogP) is 21.4. The number of hydrogen-bond donors (Lipinski definition) is 0. The fourth-order valence-electron chi connectivity index (χ4n) is 7.58. The Morgan fingerprint density at radius 1 is 0.253 bits per heavy atom. The number of rotatable bonds is 53. The van der Waals surface area contributed by atoms with Crippen molar-refractivity contribution in [2.45, 2.75) is 232 Å². The average Bonchev–Trinajstić information content (AvgIpc) is 3.45. The fourth-order valence-corrected chi connectivity index (χ4v) is 7.58. The van der Waals surface area contributed by atoms with Crippen LogP contribution in [0.5, 0.6) is 0 Å². The molecule has 6 heteroatoms. The Hall–Kier alpha value is -5.75. The van der Waals surface area contributed by atoms with Gasteiger partial charge in [0.1, 0.15) is 13.2 Å². The van der Waals surface area contributed by atoms with Crippen molar-refractivity contribution in [3.8, 4) is 0 Å². The smallest absolute Gasteiger partial charge is 0.306 e. The van der Waals surface area contributed by atoms with Gasteiger partial charge in [0.2, 0.25) is 0 Å². The molecule has 0 aliphatic carbocycles. The molecule has 0 rings (SSSR count). The second-order valence-electron chi connectivity index (χ2n) is 19.5. The molecular formula is C73H110O6. The minimum Gasteiger partial charge on any atom is -0.462 e. The summed E-state index contributed by atoms with van der Waals surface area (Å²) in [5, 5.41) is 0. The highest BCUT2D eigenvalue weighted by atomic mass is 16.6. The second-order valence-corrected chi connectivity index (χ2v) is 19.5. The maximum absolute atomic E-state index is 12.9. The molecule has 0 aromatic carbocycles. The highest BCUT2D eigenvalue weighted by Gasteiger charge is 2.19. The second kappa shape index (κ2) is 64.8. The number of carbonyl (C=O) groups excluding carboxylic acids is 3. The molecule has 0 bridgehead atoms. The van der Waals surface area contributed by atoms with E-state index in [0.717, 1.165) is 161 Å². The van der Waals surface area contributed by atoms with E-state index < -0.39 is 12.1 Å². The summed E-state index contributed by atoms with van der Waals surface area (Å²) in [5.74, 6) is -1.07. The normalized spacial score (nSPS) is 13.5. The quantitative estimate of drug-likeness (QED) is 0.0261. The van der Waals surface area contributed by atoms with E-state index in [2.05, 4.69) is 203 Å². The summed E-state index contributed by atoms with van der Waals surface area (Å²) in [4.78, 5) is 38.3. The largest absolute Gasteiger partial charge is 0.462 e. The van der Waals surface area contributed by atoms with E-state index >= 15 is 0 Å². The first-order chi connectivity index (χ1) is 39.0. The van der Waals surface area contributed by atoms with Gasteiger partial charge in [-0.2, -0.15) is 0 Å². The first-order valence-corrected chi connectivity index (χ1v) is 30.9. The van der Waals surface area contributed by atoms with Crippen LogP contribution in [0.15, 0.2) is 194 Å². The molecular weight excluding hydrogens is 973 g/mol. The molecule has 0 N–H and O–H groups in total. The van der Waals surface area contributed by atoms with Crippen molar-refractivity contribution in [1.82, 2.24) is 0 Å². The Bertz CT molecular complexity index is 1920. The Kier molecular flexibility index (Phi) is 60.1. The standard InChI is InChI=1S/C73H110O6/c1-4-7-10-13-16-19-22-25-28-31-33-34-35-36-37-38-40-42-45-48-51-54-57-60-63-66-72(75)78-69-70(68-77-71(74)65-62-59-56-53-50-47-44-41-30-27-24-21-18-15-12-9-6-3)79-73(76)67-64-61-58-55-52-49-46-43-39-32-29-26-23-20-17-14-11-8-5-2/h7-12,16-21,25-30,33-34,36-37,39-40,42-43,48-49,51-52,58,61,70H,4-6,13-15,22-24,31-32,35,38,41,44-47,50,53-57,59-60,62-69H2,1-3H3/b10-7-,11-8-,12-9-,19-16-,20-17-,21-18-,28-25-,29-26-,30-27-,34-33-,37-36-,42-40-,43-39-,51-48-,52-49-,61-58-. The lowest BCUT2D eigenvalue weighted by molar-refractivity contribution is -0.166. The van der Waals surface area contributed by atoms with Crippen LogP contribution in [0.25, 0.3) is 0 Å². The number of esters is 3. The molecule has 6 nitrogen and oxygen atoms in total. The van der Waals surface area contributed by atoms with Gasteiger partial charge in [0.25, 0.3) is 0 Å². The molecule has 0 aromatic rings. The van der Waals surface area contributed by atoms with Crippen LogP contribution in [0.3, 0.4) is 0 Å². The highest BCUT2D eigenvalue weighted by Crippen LogP contribution is 2.12. The Labute approximate surface area is 484 Å². The van der Waals surface area contributed by atoms with E-state index in [1.165, 1.54) is 19.3 Å². The maximum atomic E-state index is 12.9. The van der Waals surface area contributed by atoms with E-state index in [-0.39, 0.29) is 38.0 Å². The van der Waals surface area contributed by atoms with Crippen LogP contribution in [0.1, 0.15) is 226 Å². The SMILES string of the molecule is CC/C=C\C/C=C\C/C=C\C/C=C\C/C=C\C/C=C\C/C=C\CCCCCC(=O)OCC(COC(=O)CCCCCCCCC/C=C\C/C=C\C/C=C\CC)OC(=O)CC/C=C\C/C=C\C/C=C\C/C=C\C/C=C\C/C=C\CC. The summed E-state index contributed by atoms with van der Waals surface area (Å²) >= 11 is 0. The lowest BCUT2D eigenvalue weighted by atomic mass is 10.1. The summed E-state index contributed by atoms with van der Waals surface area (Å²) in [6.07, 6.45) is 98.6. The molecule has 0 aromatic heterocycles. The number of carbonyl (C=O) groups is 3. The molecule has 1 atom stereocenters. The number of ether oxygens (including phenoxy) is 3. The lowest BCUT2D eigenvalue weighted by Gasteiger charge is -2.18. The van der Waals surface area contributed by atoms with Crippen molar-refractivity contribution in [1.29, 1.82) is 0 Å². The van der Waals surface area contributed by atoms with Crippen molar-refractivity contribution in [2.75, 3.05) is 13.2 Å².